The number of rotatable bonds is 22. The Morgan fingerprint density at radius 2 is 0.769 bits per heavy atom. The molecule has 0 unspecified atom stereocenters. The SMILES string of the molecule is CCCCCCCCCCCCCCCCC[SiH](OCCC)OCCC. The van der Waals surface area contributed by atoms with Crippen LogP contribution in [0, 0.1) is 0 Å². The number of hydrogen-bond acceptors (Lipinski definition) is 2. The monoisotopic (exact) mass is 386 g/mol. The van der Waals surface area contributed by atoms with E-state index in [1.165, 1.54) is 102 Å². The maximum atomic E-state index is 5.93. The van der Waals surface area contributed by atoms with Crippen LogP contribution in [0.5, 0.6) is 0 Å². The molecule has 0 fully saturated rings. The first-order valence-corrected chi connectivity index (χ1v) is 13.8. The van der Waals surface area contributed by atoms with E-state index in [2.05, 4.69) is 20.8 Å². The Bertz CT molecular complexity index is 240. The van der Waals surface area contributed by atoms with Gasteiger partial charge in [0, 0.05) is 13.2 Å². The van der Waals surface area contributed by atoms with E-state index in [0.717, 1.165) is 26.1 Å². The van der Waals surface area contributed by atoms with Crippen LogP contribution in [0.4, 0.5) is 0 Å². The molecule has 0 saturated carbocycles. The van der Waals surface area contributed by atoms with Gasteiger partial charge in [-0.2, -0.15) is 0 Å². The molecule has 0 aliphatic heterocycles. The summed E-state index contributed by atoms with van der Waals surface area (Å²) >= 11 is 0. The van der Waals surface area contributed by atoms with Gasteiger partial charge < -0.3 is 8.85 Å². The fourth-order valence-corrected chi connectivity index (χ4v) is 5.44. The molecule has 0 aliphatic carbocycles. The first-order valence-electron chi connectivity index (χ1n) is 12.1. The van der Waals surface area contributed by atoms with Gasteiger partial charge in [-0.05, 0) is 18.9 Å². The summed E-state index contributed by atoms with van der Waals surface area (Å²) in [7, 11) is -1.36. The predicted molar refractivity (Wildman–Crippen MR) is 119 cm³/mol. The Kier molecular flexibility index (Phi) is 23.3. The smallest absolute Gasteiger partial charge is 0.321 e. The van der Waals surface area contributed by atoms with Crippen molar-refractivity contribution < 1.29 is 8.85 Å². The Morgan fingerprint density at radius 1 is 0.423 bits per heavy atom. The Balaban J connectivity index is 3.26. The third kappa shape index (κ3) is 20.4. The summed E-state index contributed by atoms with van der Waals surface area (Å²) in [5, 5.41) is 0. The second kappa shape index (κ2) is 23.2. The highest BCUT2D eigenvalue weighted by Crippen LogP contribution is 2.14. The van der Waals surface area contributed by atoms with Crippen molar-refractivity contribution in [3.63, 3.8) is 0 Å². The largest absolute Gasteiger partial charge is 0.397 e. The number of unbranched alkanes of at least 4 members (excludes halogenated alkanes) is 14. The van der Waals surface area contributed by atoms with Gasteiger partial charge in [-0.3, -0.25) is 0 Å². The lowest BCUT2D eigenvalue weighted by molar-refractivity contribution is 0.195. The molecule has 3 heteroatoms. The van der Waals surface area contributed by atoms with Crippen LogP contribution in [0.3, 0.4) is 0 Å². The molecule has 0 bridgehead atoms. The van der Waals surface area contributed by atoms with Crippen LogP contribution in [-0.2, 0) is 8.85 Å². The zero-order valence-electron chi connectivity index (χ0n) is 18.5. The van der Waals surface area contributed by atoms with E-state index < -0.39 is 9.28 Å². The van der Waals surface area contributed by atoms with Crippen molar-refractivity contribution in [2.75, 3.05) is 13.2 Å². The van der Waals surface area contributed by atoms with E-state index in [0.29, 0.717) is 0 Å². The van der Waals surface area contributed by atoms with Gasteiger partial charge in [-0.25, -0.2) is 0 Å². The lowest BCUT2D eigenvalue weighted by Gasteiger charge is -2.16. The van der Waals surface area contributed by atoms with Gasteiger partial charge in [0.25, 0.3) is 0 Å². The van der Waals surface area contributed by atoms with Gasteiger partial charge in [-0.1, -0.05) is 117 Å². The van der Waals surface area contributed by atoms with Crippen molar-refractivity contribution >= 4 is 9.28 Å². The summed E-state index contributed by atoms with van der Waals surface area (Å²) in [5.41, 5.74) is 0. The second-order valence-corrected chi connectivity index (χ2v) is 10.0. The molecule has 0 amide bonds. The van der Waals surface area contributed by atoms with Crippen molar-refractivity contribution in [2.45, 2.75) is 136 Å². The van der Waals surface area contributed by atoms with Gasteiger partial charge in [0.1, 0.15) is 0 Å². The van der Waals surface area contributed by atoms with Gasteiger partial charge >= 0.3 is 9.28 Å². The van der Waals surface area contributed by atoms with Crippen LogP contribution in [-0.4, -0.2) is 22.5 Å². The molecule has 0 aromatic carbocycles. The molecule has 0 radical (unpaired) electrons. The second-order valence-electron chi connectivity index (χ2n) is 7.91. The number of hydrogen-bond donors (Lipinski definition) is 0. The average molecular weight is 387 g/mol. The lowest BCUT2D eigenvalue weighted by atomic mass is 10.0. The normalized spacial score (nSPS) is 11.5. The molecule has 0 rings (SSSR count). The van der Waals surface area contributed by atoms with Crippen molar-refractivity contribution in [1.82, 2.24) is 0 Å². The predicted octanol–water partition coefficient (Wildman–Crippen LogP) is 7.93. The van der Waals surface area contributed by atoms with Gasteiger partial charge in [0.2, 0.25) is 0 Å². The Labute approximate surface area is 167 Å². The molecule has 0 heterocycles. The Morgan fingerprint density at radius 3 is 1.12 bits per heavy atom. The highest BCUT2D eigenvalue weighted by atomic mass is 28.3. The van der Waals surface area contributed by atoms with Crippen molar-refractivity contribution in [2.24, 2.45) is 0 Å². The van der Waals surface area contributed by atoms with Gasteiger partial charge in [-0.15, -0.1) is 0 Å². The summed E-state index contributed by atoms with van der Waals surface area (Å²) in [6.07, 6.45) is 23.6. The fraction of sp³-hybridized carbons (Fsp3) is 1.00. The highest BCUT2D eigenvalue weighted by Gasteiger charge is 2.12. The molecular formula is C23H50O2Si. The zero-order valence-corrected chi connectivity index (χ0v) is 19.7. The maximum Gasteiger partial charge on any atom is 0.321 e. The first-order chi connectivity index (χ1) is 12.8. The average Bonchev–Trinajstić information content (AvgIpc) is 2.66. The van der Waals surface area contributed by atoms with Crippen LogP contribution in [0.25, 0.3) is 0 Å². The molecule has 0 aromatic heterocycles. The topological polar surface area (TPSA) is 18.5 Å². The van der Waals surface area contributed by atoms with Gasteiger partial charge in [0.15, 0.2) is 0 Å². The Hall–Kier alpha value is 0.137. The molecule has 0 atom stereocenters. The van der Waals surface area contributed by atoms with E-state index in [-0.39, 0.29) is 0 Å². The molecule has 0 spiro atoms. The van der Waals surface area contributed by atoms with E-state index in [1.807, 2.05) is 0 Å². The summed E-state index contributed by atoms with van der Waals surface area (Å²) in [6.45, 7) is 8.43. The summed E-state index contributed by atoms with van der Waals surface area (Å²) in [5.74, 6) is 0. The van der Waals surface area contributed by atoms with E-state index in [1.54, 1.807) is 0 Å². The first kappa shape index (κ1) is 26.1. The summed E-state index contributed by atoms with van der Waals surface area (Å²) in [4.78, 5) is 0. The molecule has 2 nitrogen and oxygen atoms in total. The van der Waals surface area contributed by atoms with Crippen LogP contribution in [0.2, 0.25) is 6.04 Å². The highest BCUT2D eigenvalue weighted by molar-refractivity contribution is 6.44. The zero-order chi connectivity index (χ0) is 19.1. The van der Waals surface area contributed by atoms with Crippen molar-refractivity contribution in [3.8, 4) is 0 Å². The van der Waals surface area contributed by atoms with Gasteiger partial charge in [0.05, 0.1) is 0 Å². The van der Waals surface area contributed by atoms with Crippen LogP contribution >= 0.6 is 0 Å². The summed E-state index contributed by atoms with van der Waals surface area (Å²) < 4.78 is 11.9. The van der Waals surface area contributed by atoms with Crippen molar-refractivity contribution in [1.29, 1.82) is 0 Å². The van der Waals surface area contributed by atoms with Crippen molar-refractivity contribution in [3.05, 3.63) is 0 Å². The van der Waals surface area contributed by atoms with E-state index in [4.69, 9.17) is 8.85 Å². The third-order valence-corrected chi connectivity index (χ3v) is 7.15. The lowest BCUT2D eigenvalue weighted by Crippen LogP contribution is -2.23. The molecule has 0 N–H and O–H groups in total. The quantitative estimate of drug-likeness (QED) is 0.139. The molecule has 0 aromatic rings. The molecule has 26 heavy (non-hydrogen) atoms. The van der Waals surface area contributed by atoms with E-state index >= 15 is 0 Å². The minimum absolute atomic E-state index is 0.888. The minimum Gasteiger partial charge on any atom is -0.397 e. The van der Waals surface area contributed by atoms with Crippen LogP contribution in [0.15, 0.2) is 0 Å². The molecular weight excluding hydrogens is 336 g/mol. The standard InChI is InChI=1S/C23H50O2Si/c1-4-7-8-9-10-11-12-13-14-15-16-17-18-19-20-23-26(24-21-5-2)25-22-6-3/h26H,4-23H2,1-3H3. The molecule has 0 aliphatic rings. The fourth-order valence-electron chi connectivity index (χ4n) is 3.40. The van der Waals surface area contributed by atoms with Crippen LogP contribution < -0.4 is 0 Å². The van der Waals surface area contributed by atoms with Crippen LogP contribution in [0.1, 0.15) is 130 Å². The maximum absolute atomic E-state index is 5.93. The minimum atomic E-state index is -1.36. The molecule has 158 valence electrons. The summed E-state index contributed by atoms with van der Waals surface area (Å²) in [6, 6.07) is 1.21. The van der Waals surface area contributed by atoms with E-state index in [9.17, 15) is 0 Å². The molecule has 0 saturated heterocycles. The third-order valence-electron chi connectivity index (χ3n) is 5.06.